The molecular weight excluding hydrogens is 622 g/mol. The molecule has 11 heteroatoms. The van der Waals surface area contributed by atoms with E-state index in [4.69, 9.17) is 16.0 Å². The Kier molecular flexibility index (Phi) is 10.5. The van der Waals surface area contributed by atoms with E-state index < -0.39 is 28.9 Å². The number of nitrogens with zero attached hydrogens (tertiary/aromatic N) is 2. The van der Waals surface area contributed by atoms with Crippen molar-refractivity contribution in [2.45, 2.75) is 58.0 Å². The quantitative estimate of drug-likeness (QED) is 0.232. The Morgan fingerprint density at radius 1 is 0.979 bits per heavy atom. The smallest absolute Gasteiger partial charge is 0.287 e. The second-order valence-electron chi connectivity index (χ2n) is 12.0. The maximum absolute atomic E-state index is 13.1. The van der Waals surface area contributed by atoms with Gasteiger partial charge < -0.3 is 29.7 Å². The van der Waals surface area contributed by atoms with Gasteiger partial charge in [0.1, 0.15) is 11.6 Å². The molecule has 0 aliphatic carbocycles. The summed E-state index contributed by atoms with van der Waals surface area (Å²) in [5.74, 6) is -1.75. The van der Waals surface area contributed by atoms with E-state index in [-0.39, 0.29) is 34.5 Å². The fourth-order valence-corrected chi connectivity index (χ4v) is 6.12. The van der Waals surface area contributed by atoms with E-state index in [1.165, 1.54) is 11.1 Å². The molecule has 6 rings (SSSR count). The number of aryl methyl sites for hydroxylation is 1. The minimum Gasteiger partial charge on any atom is -0.504 e. The maximum atomic E-state index is 13.1. The van der Waals surface area contributed by atoms with E-state index in [9.17, 15) is 29.4 Å². The van der Waals surface area contributed by atoms with Gasteiger partial charge in [0.15, 0.2) is 22.7 Å². The van der Waals surface area contributed by atoms with Crippen molar-refractivity contribution in [2.24, 2.45) is 0 Å². The van der Waals surface area contributed by atoms with Crippen LogP contribution in [0.5, 0.6) is 11.5 Å². The number of hydrogen-bond acceptors (Lipinski definition) is 7. The number of fused-ring (bicyclic) bond motifs is 1. The van der Waals surface area contributed by atoms with Crippen LogP contribution in [0.4, 0.5) is 0 Å². The van der Waals surface area contributed by atoms with Crippen LogP contribution in [-0.2, 0) is 16.1 Å². The molecular formula is C36H38ClN3O7. The second kappa shape index (κ2) is 14.7. The second-order valence-corrected chi connectivity index (χ2v) is 12.5. The summed E-state index contributed by atoms with van der Waals surface area (Å²) >= 11 is 5.61. The fraction of sp³-hybridized carbons (Fsp3) is 0.333. The number of carbonyl (C=O) groups is 3. The number of phenols is 2. The Morgan fingerprint density at radius 2 is 1.66 bits per heavy atom. The van der Waals surface area contributed by atoms with E-state index in [0.717, 1.165) is 54.6 Å². The van der Waals surface area contributed by atoms with E-state index in [2.05, 4.69) is 17.4 Å². The number of benzene rings is 3. The molecule has 2 aliphatic heterocycles. The van der Waals surface area contributed by atoms with Gasteiger partial charge in [0, 0.05) is 49.8 Å². The number of rotatable bonds is 6. The molecule has 3 heterocycles. The largest absolute Gasteiger partial charge is 0.504 e. The minimum atomic E-state index is -0.850. The lowest BCUT2D eigenvalue weighted by Gasteiger charge is -2.35. The van der Waals surface area contributed by atoms with Crippen molar-refractivity contribution < 1.29 is 29.0 Å². The lowest BCUT2D eigenvalue weighted by Crippen LogP contribution is -2.49. The molecule has 246 valence electrons. The van der Waals surface area contributed by atoms with Crippen molar-refractivity contribution in [3.05, 3.63) is 104 Å². The van der Waals surface area contributed by atoms with Crippen LogP contribution in [0.15, 0.2) is 75.9 Å². The lowest BCUT2D eigenvalue weighted by atomic mass is 9.86. The minimum absolute atomic E-state index is 0.0162. The van der Waals surface area contributed by atoms with Crippen LogP contribution in [0.1, 0.15) is 65.8 Å². The number of carbonyl (C=O) groups excluding carboxylic acids is 3. The molecule has 10 nitrogen and oxygen atoms in total. The highest BCUT2D eigenvalue weighted by atomic mass is 35.5. The van der Waals surface area contributed by atoms with Crippen LogP contribution in [-0.4, -0.2) is 63.4 Å². The Morgan fingerprint density at radius 3 is 2.32 bits per heavy atom. The van der Waals surface area contributed by atoms with Crippen LogP contribution in [0.2, 0.25) is 5.02 Å². The van der Waals surface area contributed by atoms with Crippen LogP contribution >= 0.6 is 11.6 Å². The highest BCUT2D eigenvalue weighted by Gasteiger charge is 2.30. The zero-order valence-electron chi connectivity index (χ0n) is 26.4. The monoisotopic (exact) mass is 659 g/mol. The Hall–Kier alpha value is -4.83. The molecule has 2 fully saturated rings. The normalized spacial score (nSPS) is 15.7. The number of phenolic OH excluding ortho intramolecular Hbond substituents is 2. The molecule has 0 saturated carbocycles. The standard InChI is InChI=1S/C29H31N3O7.C7H7Cl/c1-17(30-28(37)26-14-22(33)21-13-23(34)24(35)15-25(21)39-26)29(38)31-11-8-18(9-12-31)20-6-3-2-5-19(20)16-32-10-4-7-27(32)36;1-6-2-4-7(8)5-3-6/h2-3,5-6,13-15,17-18,34-35H,4,7-12,16H2,1H3,(H,30,37);2-5H,1H3. The summed E-state index contributed by atoms with van der Waals surface area (Å²) in [6, 6.07) is 18.2. The summed E-state index contributed by atoms with van der Waals surface area (Å²) in [4.78, 5) is 54.0. The molecule has 2 aliphatic rings. The van der Waals surface area contributed by atoms with Crippen molar-refractivity contribution >= 4 is 40.3 Å². The summed E-state index contributed by atoms with van der Waals surface area (Å²) in [6.07, 6.45) is 3.05. The molecule has 4 aromatic rings. The highest BCUT2D eigenvalue weighted by Crippen LogP contribution is 2.32. The summed E-state index contributed by atoms with van der Waals surface area (Å²) in [6.45, 7) is 6.10. The molecule has 0 spiro atoms. The number of likely N-dealkylation sites (tertiary alicyclic amines) is 2. The van der Waals surface area contributed by atoms with Gasteiger partial charge in [-0.2, -0.15) is 0 Å². The van der Waals surface area contributed by atoms with Crippen LogP contribution in [0.25, 0.3) is 11.0 Å². The third kappa shape index (κ3) is 8.13. The van der Waals surface area contributed by atoms with Gasteiger partial charge in [-0.05, 0) is 68.4 Å². The zero-order chi connectivity index (χ0) is 33.7. The summed E-state index contributed by atoms with van der Waals surface area (Å²) < 4.78 is 5.46. The van der Waals surface area contributed by atoms with Gasteiger partial charge >= 0.3 is 0 Å². The molecule has 1 unspecified atom stereocenters. The van der Waals surface area contributed by atoms with E-state index >= 15 is 0 Å². The molecule has 3 amide bonds. The number of nitrogens with one attached hydrogen (secondary N) is 1. The third-order valence-electron chi connectivity index (χ3n) is 8.61. The number of aromatic hydroxyl groups is 2. The molecule has 3 aromatic carbocycles. The average Bonchev–Trinajstić information content (AvgIpc) is 3.47. The molecule has 2 saturated heterocycles. The predicted molar refractivity (Wildman–Crippen MR) is 179 cm³/mol. The Bertz CT molecular complexity index is 1810. The van der Waals surface area contributed by atoms with Crippen molar-refractivity contribution in [1.82, 2.24) is 15.1 Å². The first-order valence-corrected chi connectivity index (χ1v) is 16.0. The number of piperidine rings is 1. The average molecular weight is 660 g/mol. The fourth-order valence-electron chi connectivity index (χ4n) is 5.99. The number of amides is 3. The van der Waals surface area contributed by atoms with Gasteiger partial charge in [0.05, 0.1) is 5.39 Å². The van der Waals surface area contributed by atoms with Crippen molar-refractivity contribution in [3.63, 3.8) is 0 Å². The van der Waals surface area contributed by atoms with Crippen LogP contribution in [0.3, 0.4) is 0 Å². The van der Waals surface area contributed by atoms with Gasteiger partial charge in [0.2, 0.25) is 11.8 Å². The van der Waals surface area contributed by atoms with E-state index in [0.29, 0.717) is 26.1 Å². The van der Waals surface area contributed by atoms with Gasteiger partial charge in [-0.1, -0.05) is 53.6 Å². The predicted octanol–water partition coefficient (Wildman–Crippen LogP) is 5.50. The van der Waals surface area contributed by atoms with Crippen molar-refractivity contribution in [3.8, 4) is 11.5 Å². The van der Waals surface area contributed by atoms with E-state index in [1.54, 1.807) is 11.8 Å². The first kappa shape index (κ1) is 33.5. The first-order valence-electron chi connectivity index (χ1n) is 15.7. The third-order valence-corrected chi connectivity index (χ3v) is 8.86. The van der Waals surface area contributed by atoms with Crippen molar-refractivity contribution in [2.75, 3.05) is 19.6 Å². The van der Waals surface area contributed by atoms with Gasteiger partial charge in [-0.15, -0.1) is 0 Å². The number of hydrogen-bond donors (Lipinski definition) is 3. The molecule has 1 atom stereocenters. The van der Waals surface area contributed by atoms with E-state index in [1.807, 2.05) is 48.2 Å². The number of halogens is 1. The molecule has 47 heavy (non-hydrogen) atoms. The first-order chi connectivity index (χ1) is 22.5. The topological polar surface area (TPSA) is 140 Å². The highest BCUT2D eigenvalue weighted by molar-refractivity contribution is 6.30. The zero-order valence-corrected chi connectivity index (χ0v) is 27.1. The Labute approximate surface area is 277 Å². The summed E-state index contributed by atoms with van der Waals surface area (Å²) in [7, 11) is 0. The summed E-state index contributed by atoms with van der Waals surface area (Å²) in [5, 5.41) is 22.7. The molecule has 1 aromatic heterocycles. The van der Waals surface area contributed by atoms with Gasteiger partial charge in [-0.25, -0.2) is 0 Å². The van der Waals surface area contributed by atoms with Gasteiger partial charge in [-0.3, -0.25) is 19.2 Å². The summed E-state index contributed by atoms with van der Waals surface area (Å²) in [5.41, 5.74) is 3.00. The van der Waals surface area contributed by atoms with Crippen LogP contribution < -0.4 is 10.7 Å². The molecule has 3 N–H and O–H groups in total. The van der Waals surface area contributed by atoms with Crippen molar-refractivity contribution in [1.29, 1.82) is 0 Å². The SMILES string of the molecule is CC(NC(=O)c1cc(=O)c2cc(O)c(O)cc2o1)C(=O)N1CCC(c2ccccc2CN2CCCC2=O)CC1.Cc1ccc(Cl)cc1. The van der Waals surface area contributed by atoms with Crippen LogP contribution in [0, 0.1) is 6.92 Å². The Balaban J connectivity index is 0.000000474. The molecule has 0 bridgehead atoms. The molecule has 0 radical (unpaired) electrons. The van der Waals surface area contributed by atoms with Gasteiger partial charge in [0.25, 0.3) is 5.91 Å². The lowest BCUT2D eigenvalue weighted by molar-refractivity contribution is -0.134. The maximum Gasteiger partial charge on any atom is 0.287 e.